The summed E-state index contributed by atoms with van der Waals surface area (Å²) in [6, 6.07) is 9.30. The van der Waals surface area contributed by atoms with Crippen LogP contribution in [0.25, 0.3) is 0 Å². The Morgan fingerprint density at radius 2 is 2.14 bits per heavy atom. The minimum Gasteiger partial charge on any atom is -0.384 e. The highest BCUT2D eigenvalue weighted by Gasteiger charge is 2.24. The average Bonchev–Trinajstić information content (AvgIpc) is 2.44. The van der Waals surface area contributed by atoms with E-state index in [2.05, 4.69) is 18.0 Å². The van der Waals surface area contributed by atoms with E-state index < -0.39 is 0 Å². The second kappa shape index (κ2) is 5.37. The van der Waals surface area contributed by atoms with Crippen LogP contribution in [0.4, 0.5) is 11.5 Å². The fraction of sp³-hybridized carbons (Fsp3) is 0.250. The lowest BCUT2D eigenvalue weighted by molar-refractivity contribution is 0.0985. The highest BCUT2D eigenvalue weighted by molar-refractivity contribution is 6.30. The molecule has 2 heterocycles. The average molecular weight is 302 g/mol. The van der Waals surface area contributed by atoms with Crippen LogP contribution in [0.1, 0.15) is 27.9 Å². The van der Waals surface area contributed by atoms with E-state index in [4.69, 9.17) is 17.3 Å². The molecule has 4 nitrogen and oxygen atoms in total. The van der Waals surface area contributed by atoms with Crippen LogP contribution in [0.2, 0.25) is 5.15 Å². The van der Waals surface area contributed by atoms with Crippen molar-refractivity contribution < 1.29 is 4.79 Å². The number of aromatic nitrogens is 1. The van der Waals surface area contributed by atoms with Crippen LogP contribution in [0, 0.1) is 6.92 Å². The Morgan fingerprint density at radius 1 is 1.33 bits per heavy atom. The Labute approximate surface area is 128 Å². The normalized spacial score (nSPS) is 13.9. The Morgan fingerprint density at radius 3 is 2.90 bits per heavy atom. The third-order valence-corrected chi connectivity index (χ3v) is 3.85. The maximum atomic E-state index is 12.7. The number of halogens is 1. The molecule has 1 amide bonds. The van der Waals surface area contributed by atoms with Crippen LogP contribution in [0.5, 0.6) is 0 Å². The summed E-state index contributed by atoms with van der Waals surface area (Å²) in [5.74, 6) is 0.169. The molecule has 0 radical (unpaired) electrons. The van der Waals surface area contributed by atoms with Crippen LogP contribution in [0.15, 0.2) is 30.3 Å². The molecule has 2 aromatic rings. The van der Waals surface area contributed by atoms with E-state index in [-0.39, 0.29) is 16.9 Å². The highest BCUT2D eigenvalue weighted by Crippen LogP contribution is 2.29. The van der Waals surface area contributed by atoms with E-state index in [9.17, 15) is 4.79 Å². The molecule has 0 aliphatic carbocycles. The van der Waals surface area contributed by atoms with Gasteiger partial charge in [-0.1, -0.05) is 29.3 Å². The number of nitrogens with two attached hydrogens (primary N) is 1. The van der Waals surface area contributed by atoms with Crippen LogP contribution in [-0.2, 0) is 6.42 Å². The molecule has 1 aromatic carbocycles. The molecule has 0 atom stereocenters. The first-order valence-electron chi connectivity index (χ1n) is 6.89. The number of anilines is 2. The number of fused-ring (bicyclic) bond motifs is 1. The zero-order valence-electron chi connectivity index (χ0n) is 11.8. The minimum absolute atomic E-state index is 0.0872. The summed E-state index contributed by atoms with van der Waals surface area (Å²) >= 11 is 5.89. The molecule has 0 spiro atoms. The zero-order valence-corrected chi connectivity index (χ0v) is 12.5. The molecule has 0 fully saturated rings. The summed E-state index contributed by atoms with van der Waals surface area (Å²) in [5.41, 5.74) is 9.54. The van der Waals surface area contributed by atoms with Crippen molar-refractivity contribution in [1.29, 1.82) is 0 Å². The molecule has 1 aliphatic heterocycles. The van der Waals surface area contributed by atoms with Crippen molar-refractivity contribution in [2.24, 2.45) is 0 Å². The number of hydrogen-bond donors (Lipinski definition) is 1. The van der Waals surface area contributed by atoms with E-state index >= 15 is 0 Å². The number of rotatable bonds is 1. The number of carbonyl (C=O) groups excluding carboxylic acids is 1. The van der Waals surface area contributed by atoms with Crippen LogP contribution in [-0.4, -0.2) is 17.4 Å². The van der Waals surface area contributed by atoms with Gasteiger partial charge in [0.15, 0.2) is 0 Å². The Balaban J connectivity index is 2.00. The number of aryl methyl sites for hydroxylation is 2. The molecule has 2 N–H and O–H groups in total. The molecule has 108 valence electrons. The summed E-state index contributed by atoms with van der Waals surface area (Å²) < 4.78 is 0. The van der Waals surface area contributed by atoms with Gasteiger partial charge >= 0.3 is 0 Å². The van der Waals surface area contributed by atoms with Gasteiger partial charge in [0.25, 0.3) is 5.91 Å². The molecule has 0 unspecified atom stereocenters. The molecule has 1 aliphatic rings. The van der Waals surface area contributed by atoms with Gasteiger partial charge in [0, 0.05) is 17.8 Å². The van der Waals surface area contributed by atoms with Crippen LogP contribution < -0.4 is 10.6 Å². The largest absolute Gasteiger partial charge is 0.384 e. The second-order valence-electron chi connectivity index (χ2n) is 5.30. The van der Waals surface area contributed by atoms with E-state index in [0.29, 0.717) is 12.1 Å². The SMILES string of the molecule is Cc1ccc2c(c1)CCCN2C(=O)c1cc(N)nc(Cl)c1. The third-order valence-electron chi connectivity index (χ3n) is 3.66. The van der Waals surface area contributed by atoms with Gasteiger partial charge < -0.3 is 10.6 Å². The second-order valence-corrected chi connectivity index (χ2v) is 5.68. The molecule has 1 aromatic heterocycles. The summed E-state index contributed by atoms with van der Waals surface area (Å²) in [7, 11) is 0. The fourth-order valence-corrected chi connectivity index (χ4v) is 2.95. The first-order chi connectivity index (χ1) is 10.0. The molecule has 21 heavy (non-hydrogen) atoms. The molecular weight excluding hydrogens is 286 g/mol. The van der Waals surface area contributed by atoms with E-state index in [1.54, 1.807) is 17.0 Å². The summed E-state index contributed by atoms with van der Waals surface area (Å²) in [5, 5.41) is 0.236. The van der Waals surface area contributed by atoms with Gasteiger partial charge in [0.05, 0.1) is 0 Å². The Hall–Kier alpha value is -2.07. The van der Waals surface area contributed by atoms with Gasteiger partial charge in [-0.15, -0.1) is 0 Å². The van der Waals surface area contributed by atoms with Crippen molar-refractivity contribution in [3.63, 3.8) is 0 Å². The summed E-state index contributed by atoms with van der Waals surface area (Å²) in [6.45, 7) is 2.76. The van der Waals surface area contributed by atoms with Gasteiger partial charge in [0.1, 0.15) is 11.0 Å². The zero-order chi connectivity index (χ0) is 15.0. The van der Waals surface area contributed by atoms with E-state index in [0.717, 1.165) is 18.5 Å². The minimum atomic E-state index is -0.0872. The van der Waals surface area contributed by atoms with Crippen molar-refractivity contribution in [3.05, 3.63) is 52.2 Å². The lowest BCUT2D eigenvalue weighted by Gasteiger charge is -2.30. The first kappa shape index (κ1) is 13.9. The van der Waals surface area contributed by atoms with Gasteiger partial charge in [-0.2, -0.15) is 0 Å². The number of nitrogens with zero attached hydrogens (tertiary/aromatic N) is 2. The molecule has 5 heteroatoms. The van der Waals surface area contributed by atoms with Gasteiger partial charge in [0.2, 0.25) is 0 Å². The van der Waals surface area contributed by atoms with Crippen molar-refractivity contribution >= 4 is 29.0 Å². The molecule has 0 bridgehead atoms. The summed E-state index contributed by atoms with van der Waals surface area (Å²) in [4.78, 5) is 18.4. The van der Waals surface area contributed by atoms with Crippen molar-refractivity contribution in [2.45, 2.75) is 19.8 Å². The molecule has 0 saturated carbocycles. The van der Waals surface area contributed by atoms with Gasteiger partial charge in [-0.25, -0.2) is 4.98 Å². The molecular formula is C16H16ClN3O. The number of hydrogen-bond acceptors (Lipinski definition) is 3. The Kier molecular flexibility index (Phi) is 3.55. The quantitative estimate of drug-likeness (QED) is 0.823. The maximum absolute atomic E-state index is 12.7. The number of carbonyl (C=O) groups is 1. The van der Waals surface area contributed by atoms with Crippen LogP contribution in [0.3, 0.4) is 0 Å². The smallest absolute Gasteiger partial charge is 0.258 e. The van der Waals surface area contributed by atoms with Gasteiger partial charge in [-0.05, 0) is 43.5 Å². The van der Waals surface area contributed by atoms with Crippen LogP contribution >= 0.6 is 11.6 Å². The summed E-state index contributed by atoms with van der Waals surface area (Å²) in [6.07, 6.45) is 1.95. The number of nitrogen functional groups attached to an aromatic ring is 1. The van der Waals surface area contributed by atoms with Crippen molar-refractivity contribution in [1.82, 2.24) is 4.98 Å². The van der Waals surface area contributed by atoms with Gasteiger partial charge in [-0.3, -0.25) is 4.79 Å². The lowest BCUT2D eigenvalue weighted by atomic mass is 9.99. The monoisotopic (exact) mass is 301 g/mol. The Bertz CT molecular complexity index is 694. The molecule has 0 saturated heterocycles. The number of amides is 1. The fourth-order valence-electron chi connectivity index (χ4n) is 2.73. The number of benzene rings is 1. The highest BCUT2D eigenvalue weighted by atomic mass is 35.5. The first-order valence-corrected chi connectivity index (χ1v) is 7.27. The van der Waals surface area contributed by atoms with E-state index in [1.165, 1.54) is 11.1 Å². The number of pyridine rings is 1. The maximum Gasteiger partial charge on any atom is 0.258 e. The standard InChI is InChI=1S/C16H16ClN3O/c1-10-4-5-13-11(7-10)3-2-6-20(13)16(21)12-8-14(17)19-15(18)9-12/h4-5,7-9H,2-3,6H2,1H3,(H2,18,19). The predicted molar refractivity (Wildman–Crippen MR) is 84.8 cm³/mol. The van der Waals surface area contributed by atoms with Crippen molar-refractivity contribution in [3.8, 4) is 0 Å². The molecule has 3 rings (SSSR count). The van der Waals surface area contributed by atoms with E-state index in [1.807, 2.05) is 12.1 Å². The predicted octanol–water partition coefficient (Wildman–Crippen LogP) is 3.22. The topological polar surface area (TPSA) is 59.2 Å². The lowest BCUT2D eigenvalue weighted by Crippen LogP contribution is -2.35. The van der Waals surface area contributed by atoms with Crippen molar-refractivity contribution in [2.75, 3.05) is 17.2 Å². The third kappa shape index (κ3) is 2.72.